The zero-order valence-corrected chi connectivity index (χ0v) is 59.5. The SMILES string of the molecule is CC/C=C\C/C=C\C/C=C\C/C=C\C/C=C\C/C=C\C/C=C\C/C=C\CCCCCCCCCCCCCCCCCCC(=O)OC(COC(=O)CCCCCCCCCCCC/C=C\C/C=C\C/C=C\CCCCCCC)COC(OCC[N+](C)(C)C)C(=O)O. The van der Waals surface area contributed by atoms with Gasteiger partial charge in [0.1, 0.15) is 13.2 Å². The lowest BCUT2D eigenvalue weighted by atomic mass is 10.0. The number of quaternary nitrogens is 1. The van der Waals surface area contributed by atoms with E-state index < -0.39 is 24.3 Å². The van der Waals surface area contributed by atoms with Crippen LogP contribution in [0.1, 0.15) is 309 Å². The van der Waals surface area contributed by atoms with Crippen LogP contribution in [0.25, 0.3) is 0 Å². The summed E-state index contributed by atoms with van der Waals surface area (Å²) in [5.41, 5.74) is 0. The van der Waals surface area contributed by atoms with E-state index in [0.717, 1.165) is 96.3 Å². The average molecular weight is 1270 g/mol. The zero-order valence-electron chi connectivity index (χ0n) is 59.5. The van der Waals surface area contributed by atoms with Crippen molar-refractivity contribution in [2.75, 3.05) is 47.5 Å². The molecule has 0 spiro atoms. The van der Waals surface area contributed by atoms with E-state index in [1.165, 1.54) is 180 Å². The molecule has 0 rings (SSSR count). The van der Waals surface area contributed by atoms with Crippen molar-refractivity contribution >= 4 is 17.9 Å². The summed E-state index contributed by atoms with van der Waals surface area (Å²) >= 11 is 0. The number of carboxylic acids is 1. The number of ether oxygens (including phenoxy) is 4. The van der Waals surface area contributed by atoms with Crippen LogP contribution < -0.4 is 0 Å². The zero-order chi connectivity index (χ0) is 66.1. The standard InChI is InChI=1S/C82H139NO8/c1-6-8-10-12-14-16-18-20-22-24-26-28-30-32-33-34-35-36-37-38-39-40-41-42-43-44-45-46-47-49-51-53-55-57-59-61-63-65-67-69-71-73-80(85)91-78(77-90-82(81(86)87)88-75-74-83(3,4)5)76-89-79(84)72-70-68-66-64-62-60-58-56-54-52-50-48-31-29-27-25-23-21-19-17-15-13-11-9-7-2/h8,10,14,16,19-22,25-28,31-33,35-36,38-39,41-42,48,78,82H,6-7,9,11-13,15,17-18,23-24,29-30,34,37,40,43-47,49-77H2,1-5H3/p+1/b10-8-,16-14-,21-19-,22-20-,27-25-,28-26-,33-32-,36-35-,39-38-,42-41-,48-31-. The maximum Gasteiger partial charge on any atom is 0.361 e. The molecule has 0 aromatic heterocycles. The molecule has 0 fully saturated rings. The normalized spacial score (nSPS) is 13.5. The van der Waals surface area contributed by atoms with Gasteiger partial charge in [-0.1, -0.05) is 314 Å². The first-order valence-electron chi connectivity index (χ1n) is 37.3. The first-order valence-corrected chi connectivity index (χ1v) is 37.3. The highest BCUT2D eigenvalue weighted by molar-refractivity contribution is 5.71. The van der Waals surface area contributed by atoms with Gasteiger partial charge in [0, 0.05) is 12.8 Å². The van der Waals surface area contributed by atoms with Crippen LogP contribution >= 0.6 is 0 Å². The summed E-state index contributed by atoms with van der Waals surface area (Å²) in [6.07, 6.45) is 100. The number of hydrogen-bond donors (Lipinski definition) is 1. The van der Waals surface area contributed by atoms with E-state index in [1.807, 2.05) is 21.1 Å². The molecule has 1 N–H and O–H groups in total. The third kappa shape index (κ3) is 72.7. The van der Waals surface area contributed by atoms with E-state index in [0.29, 0.717) is 23.9 Å². The lowest BCUT2D eigenvalue weighted by molar-refractivity contribution is -0.870. The molecule has 0 aliphatic rings. The number of carboxylic acid groups (broad SMARTS) is 1. The van der Waals surface area contributed by atoms with Crippen molar-refractivity contribution in [2.24, 2.45) is 0 Å². The number of likely N-dealkylation sites (N-methyl/N-ethyl adjacent to an activating group) is 1. The average Bonchev–Trinajstić information content (AvgIpc) is 3.53. The van der Waals surface area contributed by atoms with Crippen molar-refractivity contribution < 1.29 is 42.9 Å². The summed E-state index contributed by atoms with van der Waals surface area (Å²) in [5, 5.41) is 9.76. The maximum atomic E-state index is 13.0. The number of carbonyl (C=O) groups excluding carboxylic acids is 2. The molecule has 0 saturated heterocycles. The Bertz CT molecular complexity index is 1960. The molecule has 9 nitrogen and oxygen atoms in total. The smallest absolute Gasteiger partial charge is 0.361 e. The van der Waals surface area contributed by atoms with Crippen LogP contribution in [0.3, 0.4) is 0 Å². The minimum atomic E-state index is -1.52. The minimum Gasteiger partial charge on any atom is -0.477 e. The van der Waals surface area contributed by atoms with E-state index in [4.69, 9.17) is 18.9 Å². The van der Waals surface area contributed by atoms with Crippen LogP contribution in [0.15, 0.2) is 134 Å². The quantitative estimate of drug-likeness (QED) is 0.0211. The van der Waals surface area contributed by atoms with Crippen LogP contribution in [0.4, 0.5) is 0 Å². The molecule has 2 unspecified atom stereocenters. The number of carbonyl (C=O) groups is 3. The van der Waals surface area contributed by atoms with Crippen molar-refractivity contribution in [3.8, 4) is 0 Å². The van der Waals surface area contributed by atoms with Gasteiger partial charge >= 0.3 is 17.9 Å². The molecule has 0 aliphatic carbocycles. The Kier molecular flexibility index (Phi) is 67.7. The van der Waals surface area contributed by atoms with E-state index in [-0.39, 0.29) is 32.2 Å². The fourth-order valence-electron chi connectivity index (χ4n) is 10.2. The fraction of sp³-hybridized carbons (Fsp3) is 0.695. The second kappa shape index (κ2) is 71.3. The van der Waals surface area contributed by atoms with Gasteiger partial charge in [-0.15, -0.1) is 0 Å². The van der Waals surface area contributed by atoms with Crippen LogP contribution in [0.5, 0.6) is 0 Å². The van der Waals surface area contributed by atoms with Crippen molar-refractivity contribution in [1.29, 1.82) is 0 Å². The largest absolute Gasteiger partial charge is 0.477 e. The highest BCUT2D eigenvalue weighted by Crippen LogP contribution is 2.17. The topological polar surface area (TPSA) is 108 Å². The number of rotatable bonds is 68. The number of allylic oxidation sites excluding steroid dienone is 22. The molecule has 0 radical (unpaired) electrons. The van der Waals surface area contributed by atoms with Gasteiger partial charge in [0.05, 0.1) is 34.4 Å². The molecule has 0 amide bonds. The Balaban J connectivity index is 4.08. The molecule has 2 atom stereocenters. The second-order valence-corrected chi connectivity index (χ2v) is 25.9. The summed E-state index contributed by atoms with van der Waals surface area (Å²) in [6.45, 7) is 4.76. The van der Waals surface area contributed by atoms with E-state index >= 15 is 0 Å². The summed E-state index contributed by atoms with van der Waals surface area (Å²) in [7, 11) is 5.98. The Morgan fingerprint density at radius 1 is 0.341 bits per heavy atom. The summed E-state index contributed by atoms with van der Waals surface area (Å²) in [5.74, 6) is -2.01. The second-order valence-electron chi connectivity index (χ2n) is 25.9. The molecule has 0 aromatic carbocycles. The van der Waals surface area contributed by atoms with Gasteiger partial charge in [-0.2, -0.15) is 0 Å². The predicted molar refractivity (Wildman–Crippen MR) is 391 cm³/mol. The molecule has 0 saturated carbocycles. The highest BCUT2D eigenvalue weighted by atomic mass is 16.7. The summed E-state index contributed by atoms with van der Waals surface area (Å²) in [6, 6.07) is 0. The number of unbranched alkanes of at least 4 members (excludes halogenated alkanes) is 31. The van der Waals surface area contributed by atoms with Crippen LogP contribution in [-0.4, -0.2) is 87.4 Å². The number of esters is 2. The van der Waals surface area contributed by atoms with Crippen LogP contribution in [0, 0.1) is 0 Å². The molecule has 9 heteroatoms. The van der Waals surface area contributed by atoms with Crippen LogP contribution in [-0.2, 0) is 33.3 Å². The van der Waals surface area contributed by atoms with Gasteiger partial charge in [0.15, 0.2) is 6.10 Å². The van der Waals surface area contributed by atoms with Crippen molar-refractivity contribution in [3.05, 3.63) is 134 Å². The molecule has 91 heavy (non-hydrogen) atoms. The van der Waals surface area contributed by atoms with E-state index in [9.17, 15) is 19.5 Å². The maximum absolute atomic E-state index is 13.0. The number of aliphatic carboxylic acids is 1. The molecule has 0 bridgehead atoms. The Morgan fingerprint density at radius 3 is 0.934 bits per heavy atom. The summed E-state index contributed by atoms with van der Waals surface area (Å²) < 4.78 is 23.0. The molecule has 0 aromatic rings. The van der Waals surface area contributed by atoms with Crippen molar-refractivity contribution in [2.45, 2.75) is 322 Å². The molecule has 0 heterocycles. The lowest BCUT2D eigenvalue weighted by Gasteiger charge is -2.25. The Morgan fingerprint density at radius 2 is 0.626 bits per heavy atom. The van der Waals surface area contributed by atoms with Gasteiger partial charge in [-0.25, -0.2) is 4.79 Å². The van der Waals surface area contributed by atoms with E-state index in [2.05, 4.69) is 148 Å². The third-order valence-corrected chi connectivity index (χ3v) is 15.9. The monoisotopic (exact) mass is 1270 g/mol. The third-order valence-electron chi connectivity index (χ3n) is 15.9. The van der Waals surface area contributed by atoms with Gasteiger partial charge in [0.2, 0.25) is 0 Å². The molecular formula is C82H140NO8+. The van der Waals surface area contributed by atoms with Crippen molar-refractivity contribution in [3.63, 3.8) is 0 Å². The van der Waals surface area contributed by atoms with Crippen LogP contribution in [0.2, 0.25) is 0 Å². The lowest BCUT2D eigenvalue weighted by Crippen LogP contribution is -2.40. The van der Waals surface area contributed by atoms with Gasteiger partial charge in [-0.3, -0.25) is 9.59 Å². The molecular weight excluding hydrogens is 1130 g/mol. The molecule has 0 aliphatic heterocycles. The first-order chi connectivity index (χ1) is 44.6. The Hall–Kier alpha value is -4.57. The van der Waals surface area contributed by atoms with Crippen molar-refractivity contribution in [1.82, 2.24) is 0 Å². The summed E-state index contributed by atoms with van der Waals surface area (Å²) in [4.78, 5) is 37.7. The Labute approximate surface area is 560 Å². The first kappa shape index (κ1) is 86.4. The molecule has 520 valence electrons. The van der Waals surface area contributed by atoms with Gasteiger partial charge in [0.25, 0.3) is 6.29 Å². The number of hydrogen-bond acceptors (Lipinski definition) is 7. The minimum absolute atomic E-state index is 0.183. The van der Waals surface area contributed by atoms with Gasteiger partial charge in [-0.05, 0) is 116 Å². The van der Waals surface area contributed by atoms with Gasteiger partial charge < -0.3 is 28.5 Å². The fourth-order valence-corrected chi connectivity index (χ4v) is 10.2. The highest BCUT2D eigenvalue weighted by Gasteiger charge is 2.25. The predicted octanol–water partition coefficient (Wildman–Crippen LogP) is 23.7. The number of nitrogens with zero attached hydrogens (tertiary/aromatic N) is 1. The van der Waals surface area contributed by atoms with E-state index in [1.54, 1.807) is 0 Å².